The highest BCUT2D eigenvalue weighted by molar-refractivity contribution is 4.80. The molecular weight excluding hydrogens is 198 g/mol. The van der Waals surface area contributed by atoms with Gasteiger partial charge >= 0.3 is 0 Å². The molecule has 0 bridgehead atoms. The van der Waals surface area contributed by atoms with Crippen LogP contribution in [0, 0.1) is 11.8 Å². The number of rotatable bonds is 7. The number of unbranched alkanes of at least 4 members (excludes halogenated alkanes) is 1. The van der Waals surface area contributed by atoms with Gasteiger partial charge in [0.05, 0.1) is 6.10 Å². The summed E-state index contributed by atoms with van der Waals surface area (Å²) in [6.07, 6.45) is 6.42. The van der Waals surface area contributed by atoms with Gasteiger partial charge in [-0.05, 0) is 38.1 Å². The Bertz CT molecular complexity index is 182. The van der Waals surface area contributed by atoms with Gasteiger partial charge in [0.1, 0.15) is 0 Å². The SMILES string of the molecule is CCCCC(CC)CN1CCC(C(C)O)C1. The molecule has 0 aromatic carbocycles. The molecular formula is C14H29NO. The minimum atomic E-state index is -0.124. The highest BCUT2D eigenvalue weighted by Crippen LogP contribution is 2.22. The van der Waals surface area contributed by atoms with E-state index in [-0.39, 0.29) is 6.10 Å². The molecule has 2 heteroatoms. The van der Waals surface area contributed by atoms with Crippen molar-refractivity contribution < 1.29 is 5.11 Å². The van der Waals surface area contributed by atoms with Crippen LogP contribution >= 0.6 is 0 Å². The molecule has 1 N–H and O–H groups in total. The number of hydrogen-bond donors (Lipinski definition) is 1. The summed E-state index contributed by atoms with van der Waals surface area (Å²) in [4.78, 5) is 2.56. The number of hydrogen-bond acceptors (Lipinski definition) is 2. The second-order valence-corrected chi connectivity index (χ2v) is 5.47. The van der Waals surface area contributed by atoms with Gasteiger partial charge in [-0.25, -0.2) is 0 Å². The summed E-state index contributed by atoms with van der Waals surface area (Å²) < 4.78 is 0. The topological polar surface area (TPSA) is 23.5 Å². The maximum atomic E-state index is 9.58. The van der Waals surface area contributed by atoms with Gasteiger partial charge in [-0.3, -0.25) is 0 Å². The largest absolute Gasteiger partial charge is 0.393 e. The van der Waals surface area contributed by atoms with Crippen molar-refractivity contribution in [1.82, 2.24) is 4.90 Å². The third-order valence-corrected chi connectivity index (χ3v) is 4.05. The molecule has 1 fully saturated rings. The maximum Gasteiger partial charge on any atom is 0.0552 e. The summed E-state index contributed by atoms with van der Waals surface area (Å²) in [6, 6.07) is 0. The predicted octanol–water partition coefficient (Wildman–Crippen LogP) is 2.91. The van der Waals surface area contributed by atoms with Gasteiger partial charge in [0.25, 0.3) is 0 Å². The van der Waals surface area contributed by atoms with E-state index < -0.39 is 0 Å². The van der Waals surface area contributed by atoms with Crippen LogP contribution in [0.25, 0.3) is 0 Å². The molecule has 1 heterocycles. The second kappa shape index (κ2) is 7.29. The lowest BCUT2D eigenvalue weighted by Gasteiger charge is -2.23. The van der Waals surface area contributed by atoms with E-state index in [0.29, 0.717) is 5.92 Å². The smallest absolute Gasteiger partial charge is 0.0552 e. The maximum absolute atomic E-state index is 9.58. The van der Waals surface area contributed by atoms with Crippen molar-refractivity contribution in [2.45, 2.75) is 59.0 Å². The van der Waals surface area contributed by atoms with E-state index in [9.17, 15) is 5.11 Å². The first-order valence-corrected chi connectivity index (χ1v) is 7.07. The normalized spacial score (nSPS) is 25.9. The zero-order chi connectivity index (χ0) is 12.0. The molecule has 0 radical (unpaired) electrons. The molecule has 1 aliphatic heterocycles. The Morgan fingerprint density at radius 1 is 1.38 bits per heavy atom. The Hall–Kier alpha value is -0.0800. The summed E-state index contributed by atoms with van der Waals surface area (Å²) in [5.41, 5.74) is 0. The lowest BCUT2D eigenvalue weighted by atomic mass is 9.99. The average molecular weight is 227 g/mol. The minimum absolute atomic E-state index is 0.124. The third kappa shape index (κ3) is 4.42. The lowest BCUT2D eigenvalue weighted by molar-refractivity contribution is 0.125. The van der Waals surface area contributed by atoms with Gasteiger partial charge in [0.2, 0.25) is 0 Å². The first-order valence-electron chi connectivity index (χ1n) is 7.07. The molecule has 0 aromatic rings. The standard InChI is InChI=1S/C14H29NO/c1-4-6-7-13(5-2)10-15-9-8-14(11-15)12(3)16/h12-14,16H,4-11H2,1-3H3. The molecule has 1 aliphatic rings. The van der Waals surface area contributed by atoms with Crippen LogP contribution in [0.3, 0.4) is 0 Å². The highest BCUT2D eigenvalue weighted by Gasteiger charge is 2.26. The fourth-order valence-electron chi connectivity index (χ4n) is 2.70. The highest BCUT2D eigenvalue weighted by atomic mass is 16.3. The van der Waals surface area contributed by atoms with E-state index >= 15 is 0 Å². The molecule has 0 spiro atoms. The van der Waals surface area contributed by atoms with Crippen molar-refractivity contribution in [3.05, 3.63) is 0 Å². The fraction of sp³-hybridized carbons (Fsp3) is 1.00. The van der Waals surface area contributed by atoms with Crippen molar-refractivity contribution >= 4 is 0 Å². The molecule has 0 amide bonds. The summed E-state index contributed by atoms with van der Waals surface area (Å²) in [7, 11) is 0. The zero-order valence-corrected chi connectivity index (χ0v) is 11.3. The molecule has 1 rings (SSSR count). The number of aliphatic hydroxyl groups is 1. The van der Waals surface area contributed by atoms with E-state index in [2.05, 4.69) is 18.7 Å². The quantitative estimate of drug-likeness (QED) is 0.723. The van der Waals surface area contributed by atoms with Crippen molar-refractivity contribution in [1.29, 1.82) is 0 Å². The van der Waals surface area contributed by atoms with Crippen LogP contribution in [0.5, 0.6) is 0 Å². The van der Waals surface area contributed by atoms with Crippen LogP contribution in [0.2, 0.25) is 0 Å². The van der Waals surface area contributed by atoms with E-state index in [4.69, 9.17) is 0 Å². The number of nitrogens with zero attached hydrogens (tertiary/aromatic N) is 1. The molecule has 16 heavy (non-hydrogen) atoms. The van der Waals surface area contributed by atoms with Gasteiger partial charge in [-0.15, -0.1) is 0 Å². The average Bonchev–Trinajstić information content (AvgIpc) is 2.72. The van der Waals surface area contributed by atoms with E-state index in [1.165, 1.54) is 45.2 Å². The molecule has 96 valence electrons. The summed E-state index contributed by atoms with van der Waals surface area (Å²) in [5.74, 6) is 1.39. The first kappa shape index (κ1) is 14.0. The van der Waals surface area contributed by atoms with Gasteiger partial charge < -0.3 is 10.0 Å². The lowest BCUT2D eigenvalue weighted by Crippen LogP contribution is -2.29. The molecule has 0 aliphatic carbocycles. The van der Waals surface area contributed by atoms with Crippen molar-refractivity contribution in [3.8, 4) is 0 Å². The molecule has 1 saturated heterocycles. The van der Waals surface area contributed by atoms with Crippen LogP contribution in [-0.2, 0) is 0 Å². The zero-order valence-electron chi connectivity index (χ0n) is 11.3. The van der Waals surface area contributed by atoms with Crippen molar-refractivity contribution in [3.63, 3.8) is 0 Å². The molecule has 0 saturated carbocycles. The Kier molecular flexibility index (Phi) is 6.37. The summed E-state index contributed by atoms with van der Waals surface area (Å²) in [6.45, 7) is 10.1. The Labute approximate surface area is 101 Å². The molecule has 0 aromatic heterocycles. The van der Waals surface area contributed by atoms with Crippen molar-refractivity contribution in [2.24, 2.45) is 11.8 Å². The predicted molar refractivity (Wildman–Crippen MR) is 69.5 cm³/mol. The summed E-state index contributed by atoms with van der Waals surface area (Å²) in [5, 5.41) is 9.58. The fourth-order valence-corrected chi connectivity index (χ4v) is 2.70. The van der Waals surface area contributed by atoms with Gasteiger partial charge in [-0.2, -0.15) is 0 Å². The van der Waals surface area contributed by atoms with Gasteiger partial charge in [0, 0.05) is 13.1 Å². The molecule has 3 unspecified atom stereocenters. The monoisotopic (exact) mass is 227 g/mol. The van der Waals surface area contributed by atoms with E-state index in [1.54, 1.807) is 0 Å². The van der Waals surface area contributed by atoms with Crippen LogP contribution in [0.1, 0.15) is 52.9 Å². The molecule has 3 atom stereocenters. The van der Waals surface area contributed by atoms with Gasteiger partial charge in [-0.1, -0.05) is 33.1 Å². The Balaban J connectivity index is 2.25. The van der Waals surface area contributed by atoms with E-state index in [0.717, 1.165) is 12.5 Å². The number of aliphatic hydroxyl groups excluding tert-OH is 1. The van der Waals surface area contributed by atoms with E-state index in [1.807, 2.05) is 6.92 Å². The third-order valence-electron chi connectivity index (χ3n) is 4.05. The van der Waals surface area contributed by atoms with Gasteiger partial charge in [0.15, 0.2) is 0 Å². The first-order chi connectivity index (χ1) is 7.67. The van der Waals surface area contributed by atoms with Crippen molar-refractivity contribution in [2.75, 3.05) is 19.6 Å². The summed E-state index contributed by atoms with van der Waals surface area (Å²) >= 11 is 0. The Morgan fingerprint density at radius 2 is 2.12 bits per heavy atom. The number of likely N-dealkylation sites (tertiary alicyclic amines) is 1. The molecule has 2 nitrogen and oxygen atoms in total. The van der Waals surface area contributed by atoms with Crippen LogP contribution in [0.4, 0.5) is 0 Å². The van der Waals surface area contributed by atoms with Crippen LogP contribution in [-0.4, -0.2) is 35.7 Å². The van der Waals surface area contributed by atoms with Crippen LogP contribution in [0.15, 0.2) is 0 Å². The van der Waals surface area contributed by atoms with Crippen LogP contribution < -0.4 is 0 Å². The minimum Gasteiger partial charge on any atom is -0.393 e. The second-order valence-electron chi connectivity index (χ2n) is 5.47. The Morgan fingerprint density at radius 3 is 2.62 bits per heavy atom.